The van der Waals surface area contributed by atoms with E-state index in [0.29, 0.717) is 5.92 Å². The van der Waals surface area contributed by atoms with E-state index in [-0.39, 0.29) is 0 Å². The predicted octanol–water partition coefficient (Wildman–Crippen LogP) is 4.21. The topological polar surface area (TPSA) is 40.7 Å². The molecule has 1 saturated heterocycles. The summed E-state index contributed by atoms with van der Waals surface area (Å²) in [5.41, 5.74) is 4.78. The Labute approximate surface area is 136 Å². The van der Waals surface area contributed by atoms with Gasteiger partial charge >= 0.3 is 0 Å². The number of imidazole rings is 1. The predicted molar refractivity (Wildman–Crippen MR) is 94.3 cm³/mol. The zero-order valence-electron chi connectivity index (χ0n) is 13.1. The summed E-state index contributed by atoms with van der Waals surface area (Å²) in [6.07, 6.45) is 4.40. The van der Waals surface area contributed by atoms with Gasteiger partial charge in [-0.25, -0.2) is 4.98 Å². The van der Waals surface area contributed by atoms with Crippen molar-refractivity contribution < 1.29 is 0 Å². The molecule has 0 saturated carbocycles. The van der Waals surface area contributed by atoms with Crippen molar-refractivity contribution in [3.05, 3.63) is 66.6 Å². The quantitative estimate of drug-likeness (QED) is 0.761. The van der Waals surface area contributed by atoms with Gasteiger partial charge in [-0.05, 0) is 36.1 Å². The molecule has 1 aromatic heterocycles. The molecule has 1 fully saturated rings. The number of piperidine rings is 1. The Kier molecular flexibility index (Phi) is 3.95. The van der Waals surface area contributed by atoms with Gasteiger partial charge in [0, 0.05) is 12.5 Å². The molecule has 2 aromatic carbocycles. The number of hydrogen-bond donors (Lipinski definition) is 2. The van der Waals surface area contributed by atoms with E-state index in [9.17, 15) is 0 Å². The Hall–Kier alpha value is -2.39. The lowest BCUT2D eigenvalue weighted by Crippen LogP contribution is -2.28. The van der Waals surface area contributed by atoms with Gasteiger partial charge in [0.25, 0.3) is 0 Å². The summed E-state index contributed by atoms with van der Waals surface area (Å²) in [4.78, 5) is 8.11. The monoisotopic (exact) mass is 303 g/mol. The number of rotatable bonds is 3. The number of hydrogen-bond acceptors (Lipinski definition) is 2. The van der Waals surface area contributed by atoms with Gasteiger partial charge in [-0.3, -0.25) is 0 Å². The minimum Gasteiger partial charge on any atom is -0.342 e. The maximum atomic E-state index is 4.60. The second-order valence-electron chi connectivity index (χ2n) is 6.17. The number of H-pyrrole nitrogens is 1. The van der Waals surface area contributed by atoms with Crippen LogP contribution in [0.4, 0.5) is 0 Å². The van der Waals surface area contributed by atoms with Crippen molar-refractivity contribution in [2.75, 3.05) is 13.1 Å². The first-order chi connectivity index (χ1) is 11.4. The molecular weight excluding hydrogens is 282 g/mol. The van der Waals surface area contributed by atoms with Crippen LogP contribution < -0.4 is 5.32 Å². The highest BCUT2D eigenvalue weighted by Gasteiger charge is 2.18. The van der Waals surface area contributed by atoms with Crippen molar-refractivity contribution in [1.29, 1.82) is 0 Å². The lowest BCUT2D eigenvalue weighted by Gasteiger charge is -2.20. The lowest BCUT2D eigenvalue weighted by atomic mass is 9.99. The summed E-state index contributed by atoms with van der Waals surface area (Å²) in [6, 6.07) is 19.1. The molecule has 1 aliphatic heterocycles. The zero-order valence-corrected chi connectivity index (χ0v) is 13.1. The molecule has 3 nitrogen and oxygen atoms in total. The number of nitrogens with zero attached hydrogens (tertiary/aromatic N) is 1. The van der Waals surface area contributed by atoms with Crippen LogP contribution in [0.15, 0.2) is 60.8 Å². The van der Waals surface area contributed by atoms with Crippen molar-refractivity contribution >= 4 is 0 Å². The largest absolute Gasteiger partial charge is 0.342 e. The van der Waals surface area contributed by atoms with Gasteiger partial charge in [-0.1, -0.05) is 54.6 Å². The zero-order chi connectivity index (χ0) is 15.5. The van der Waals surface area contributed by atoms with E-state index >= 15 is 0 Å². The third kappa shape index (κ3) is 3.06. The highest BCUT2D eigenvalue weighted by Crippen LogP contribution is 2.26. The summed E-state index contributed by atoms with van der Waals surface area (Å²) < 4.78 is 0. The smallest absolute Gasteiger partial charge is 0.110 e. The molecular formula is C20H21N3. The Morgan fingerprint density at radius 3 is 2.35 bits per heavy atom. The fourth-order valence-electron chi connectivity index (χ4n) is 3.25. The summed E-state index contributed by atoms with van der Waals surface area (Å²) in [5, 5.41) is 3.45. The van der Waals surface area contributed by atoms with E-state index < -0.39 is 0 Å². The van der Waals surface area contributed by atoms with E-state index in [1.54, 1.807) is 0 Å². The van der Waals surface area contributed by atoms with Crippen LogP contribution in [0.5, 0.6) is 0 Å². The standard InChI is InChI=1S/C20H21N3/c1-2-5-15(6-3-1)16-8-10-17(11-9-16)19-14-22-20(23-19)18-7-4-12-21-13-18/h1-3,5-6,8-11,14,18,21H,4,7,12-13H2,(H,22,23). The molecule has 0 bridgehead atoms. The molecule has 3 aromatic rings. The van der Waals surface area contributed by atoms with Crippen LogP contribution in [0, 0.1) is 0 Å². The number of nitrogens with one attached hydrogen (secondary N) is 2. The summed E-state index contributed by atoms with van der Waals surface area (Å²) in [6.45, 7) is 2.16. The molecule has 4 rings (SSSR count). The average Bonchev–Trinajstić information content (AvgIpc) is 3.14. The van der Waals surface area contributed by atoms with Crippen molar-refractivity contribution in [3.63, 3.8) is 0 Å². The maximum Gasteiger partial charge on any atom is 0.110 e. The molecule has 2 N–H and O–H groups in total. The fraction of sp³-hybridized carbons (Fsp3) is 0.250. The first kappa shape index (κ1) is 14.2. The molecule has 116 valence electrons. The molecule has 0 amide bonds. The Morgan fingerprint density at radius 1 is 0.870 bits per heavy atom. The molecule has 3 heteroatoms. The number of aromatic amines is 1. The van der Waals surface area contributed by atoms with Crippen LogP contribution in [-0.4, -0.2) is 23.1 Å². The summed E-state index contributed by atoms with van der Waals surface area (Å²) >= 11 is 0. The Morgan fingerprint density at radius 2 is 1.61 bits per heavy atom. The minimum atomic E-state index is 0.515. The van der Waals surface area contributed by atoms with E-state index in [1.165, 1.54) is 29.5 Å². The van der Waals surface area contributed by atoms with E-state index in [1.807, 2.05) is 12.3 Å². The third-order valence-corrected chi connectivity index (χ3v) is 4.58. The normalized spacial score (nSPS) is 18.0. The first-order valence-electron chi connectivity index (χ1n) is 8.31. The van der Waals surface area contributed by atoms with Gasteiger partial charge in [0.15, 0.2) is 0 Å². The second-order valence-corrected chi connectivity index (χ2v) is 6.17. The van der Waals surface area contributed by atoms with Crippen LogP contribution >= 0.6 is 0 Å². The van der Waals surface area contributed by atoms with Crippen LogP contribution in [-0.2, 0) is 0 Å². The van der Waals surface area contributed by atoms with Gasteiger partial charge in [0.05, 0.1) is 11.9 Å². The first-order valence-corrected chi connectivity index (χ1v) is 8.31. The van der Waals surface area contributed by atoms with Crippen LogP contribution in [0.2, 0.25) is 0 Å². The highest BCUT2D eigenvalue weighted by molar-refractivity contribution is 5.68. The van der Waals surface area contributed by atoms with Crippen molar-refractivity contribution in [2.45, 2.75) is 18.8 Å². The van der Waals surface area contributed by atoms with Gasteiger partial charge < -0.3 is 10.3 Å². The van der Waals surface area contributed by atoms with Crippen molar-refractivity contribution in [2.24, 2.45) is 0 Å². The number of aromatic nitrogens is 2. The van der Waals surface area contributed by atoms with Crippen molar-refractivity contribution in [3.8, 4) is 22.4 Å². The molecule has 1 atom stereocenters. The SMILES string of the molecule is c1ccc(-c2ccc(-c3cnc(C4CCCNC4)[nH]3)cc2)cc1. The van der Waals surface area contributed by atoms with Gasteiger partial charge in [0.2, 0.25) is 0 Å². The molecule has 23 heavy (non-hydrogen) atoms. The Bertz CT molecular complexity index is 753. The molecule has 0 aliphatic carbocycles. The van der Waals surface area contributed by atoms with Crippen LogP contribution in [0.3, 0.4) is 0 Å². The second kappa shape index (κ2) is 6.39. The fourth-order valence-corrected chi connectivity index (χ4v) is 3.25. The van der Waals surface area contributed by atoms with Gasteiger partial charge in [0.1, 0.15) is 5.82 Å². The van der Waals surface area contributed by atoms with Crippen LogP contribution in [0.1, 0.15) is 24.6 Å². The van der Waals surface area contributed by atoms with Gasteiger partial charge in [-0.15, -0.1) is 0 Å². The third-order valence-electron chi connectivity index (χ3n) is 4.58. The molecule has 0 spiro atoms. The van der Waals surface area contributed by atoms with E-state index in [0.717, 1.165) is 24.6 Å². The van der Waals surface area contributed by atoms with E-state index in [4.69, 9.17) is 0 Å². The average molecular weight is 303 g/mol. The summed E-state index contributed by atoms with van der Waals surface area (Å²) in [5.74, 6) is 1.63. The maximum absolute atomic E-state index is 4.60. The molecule has 1 aliphatic rings. The van der Waals surface area contributed by atoms with E-state index in [2.05, 4.69) is 63.8 Å². The molecule has 0 radical (unpaired) electrons. The summed E-state index contributed by atoms with van der Waals surface area (Å²) in [7, 11) is 0. The van der Waals surface area contributed by atoms with Crippen molar-refractivity contribution in [1.82, 2.24) is 15.3 Å². The minimum absolute atomic E-state index is 0.515. The number of benzene rings is 2. The van der Waals surface area contributed by atoms with Gasteiger partial charge in [-0.2, -0.15) is 0 Å². The van der Waals surface area contributed by atoms with Crippen LogP contribution in [0.25, 0.3) is 22.4 Å². The molecule has 1 unspecified atom stereocenters. The highest BCUT2D eigenvalue weighted by atomic mass is 15.0. The Balaban J connectivity index is 1.55. The lowest BCUT2D eigenvalue weighted by molar-refractivity contribution is 0.449. The molecule has 2 heterocycles.